The van der Waals surface area contributed by atoms with Crippen molar-refractivity contribution in [2.45, 2.75) is 57.8 Å². The van der Waals surface area contributed by atoms with Crippen LogP contribution in [0.2, 0.25) is 10.0 Å². The molecule has 1 aliphatic carbocycles. The topological polar surface area (TPSA) is 61.4 Å². The normalized spacial score (nSPS) is 19.8. The highest BCUT2D eigenvalue weighted by Gasteiger charge is 2.26. The number of halogens is 2. The van der Waals surface area contributed by atoms with Gasteiger partial charge in [0.05, 0.1) is 16.6 Å². The van der Waals surface area contributed by atoms with Gasteiger partial charge in [-0.05, 0) is 49.8 Å². The van der Waals surface area contributed by atoms with Gasteiger partial charge >= 0.3 is 6.03 Å². The smallest absolute Gasteiger partial charge is 0.321 e. The van der Waals surface area contributed by atoms with Crippen molar-refractivity contribution in [1.82, 2.24) is 10.2 Å². The second-order valence-corrected chi connectivity index (χ2v) is 8.93. The van der Waals surface area contributed by atoms with Crippen LogP contribution >= 0.6 is 23.2 Å². The van der Waals surface area contributed by atoms with E-state index in [0.29, 0.717) is 35.4 Å². The minimum absolute atomic E-state index is 0. The molecule has 2 aliphatic rings. The molecule has 0 aromatic heterocycles. The van der Waals surface area contributed by atoms with Gasteiger partial charge in [0.1, 0.15) is 0 Å². The van der Waals surface area contributed by atoms with Crippen molar-refractivity contribution < 1.29 is 9.59 Å². The summed E-state index contributed by atoms with van der Waals surface area (Å²) < 4.78 is 0. The van der Waals surface area contributed by atoms with Crippen molar-refractivity contribution in [3.05, 3.63) is 49.0 Å². The number of hydrogen-bond donors (Lipinski definition) is 2. The Morgan fingerprint density at radius 2 is 1.68 bits per heavy atom. The molecule has 3 amide bonds. The molecule has 171 valence electrons. The Balaban J connectivity index is 0.00000240. The van der Waals surface area contributed by atoms with E-state index >= 15 is 0 Å². The van der Waals surface area contributed by atoms with E-state index in [-0.39, 0.29) is 32.7 Å². The summed E-state index contributed by atoms with van der Waals surface area (Å²) in [5.74, 6) is 1.43. The maximum Gasteiger partial charge on any atom is 0.321 e. The van der Waals surface area contributed by atoms with Crippen molar-refractivity contribution >= 4 is 40.8 Å². The first-order valence-corrected chi connectivity index (χ1v) is 11.4. The van der Waals surface area contributed by atoms with Gasteiger partial charge in [-0.1, -0.05) is 70.2 Å². The van der Waals surface area contributed by atoms with Crippen molar-refractivity contribution in [1.29, 1.82) is 0 Å². The molecule has 2 fully saturated rings. The molecule has 1 atom stereocenters. The molecule has 0 bridgehead atoms. The fourth-order valence-corrected chi connectivity index (χ4v) is 4.58. The van der Waals surface area contributed by atoms with Gasteiger partial charge in [0.25, 0.3) is 0 Å². The minimum atomic E-state index is -0.167. The number of nitrogens with zero attached hydrogens (tertiary/aromatic N) is 1. The summed E-state index contributed by atoms with van der Waals surface area (Å²) in [6.45, 7) is 1.96. The fourth-order valence-electron chi connectivity index (χ4n) is 4.12. The third kappa shape index (κ3) is 8.53. The lowest BCUT2D eigenvalue weighted by molar-refractivity contribution is -0.120. The predicted octanol–water partition coefficient (Wildman–Crippen LogP) is 6.33. The standard InChI is InChI=1S/C22H30Cl2N3O2.2CH2/c23-18-10-11-20(19(24)13-18)26-22(29)27-12-6-7-16(15-27)14-25-21(28)17-8-4-2-1-3-5-9-17;;/h10-11,13,16H,1-9,12,14-15H2,(H,25,28)(H,26,29);2*1H2. The molecule has 1 aromatic carbocycles. The Morgan fingerprint density at radius 3 is 2.35 bits per heavy atom. The first-order chi connectivity index (χ1) is 14.0. The number of amides is 3. The largest absolute Gasteiger partial charge is 0.355 e. The summed E-state index contributed by atoms with van der Waals surface area (Å²) in [6.07, 6.45) is 9.76. The lowest BCUT2D eigenvalue weighted by Gasteiger charge is -2.33. The zero-order valence-electron chi connectivity index (χ0n) is 18.2. The third-order valence-corrected chi connectivity index (χ3v) is 6.36. The number of nitrogens with one attached hydrogen (secondary N) is 2. The highest BCUT2D eigenvalue weighted by atomic mass is 35.5. The Bertz CT molecular complexity index is 706. The Hall–Kier alpha value is -1.46. The molecule has 5 radical (unpaired) electrons. The summed E-state index contributed by atoms with van der Waals surface area (Å²) >= 11 is 12.1. The van der Waals surface area contributed by atoms with Gasteiger partial charge < -0.3 is 15.5 Å². The zero-order chi connectivity index (χ0) is 20.6. The minimum Gasteiger partial charge on any atom is -0.355 e. The van der Waals surface area contributed by atoms with Crippen molar-refractivity contribution in [2.75, 3.05) is 25.0 Å². The van der Waals surface area contributed by atoms with E-state index < -0.39 is 0 Å². The van der Waals surface area contributed by atoms with Crippen molar-refractivity contribution in [3.63, 3.8) is 0 Å². The third-order valence-electron chi connectivity index (χ3n) is 5.81. The van der Waals surface area contributed by atoms with Gasteiger partial charge in [0.2, 0.25) is 5.91 Å². The number of anilines is 1. The molecular weight excluding hydrogens is 433 g/mol. The number of rotatable bonds is 4. The number of carbonyl (C=O) groups excluding carboxylic acids is 2. The molecule has 0 spiro atoms. The lowest BCUT2D eigenvalue weighted by Crippen LogP contribution is -2.45. The number of likely N-dealkylation sites (tertiary alicyclic amines) is 1. The van der Waals surface area contributed by atoms with Gasteiger partial charge in [-0.15, -0.1) is 0 Å². The maximum absolute atomic E-state index is 12.6. The van der Waals surface area contributed by atoms with Crippen LogP contribution < -0.4 is 10.6 Å². The van der Waals surface area contributed by atoms with E-state index in [1.165, 1.54) is 19.3 Å². The molecule has 1 unspecified atom stereocenters. The molecule has 1 aromatic rings. The van der Waals surface area contributed by atoms with Crippen LogP contribution in [0, 0.1) is 26.7 Å². The average molecular weight is 467 g/mol. The van der Waals surface area contributed by atoms with E-state index in [2.05, 4.69) is 10.6 Å². The van der Waals surface area contributed by atoms with Crippen LogP contribution in [0.5, 0.6) is 0 Å². The van der Waals surface area contributed by atoms with Crippen LogP contribution in [0.15, 0.2) is 18.2 Å². The van der Waals surface area contributed by atoms with Crippen LogP contribution in [0.25, 0.3) is 0 Å². The molecule has 3 rings (SSSR count). The first kappa shape index (κ1) is 27.6. The van der Waals surface area contributed by atoms with E-state index in [9.17, 15) is 9.59 Å². The van der Waals surface area contributed by atoms with E-state index in [4.69, 9.17) is 23.2 Å². The van der Waals surface area contributed by atoms with Crippen LogP contribution in [0.1, 0.15) is 57.8 Å². The van der Waals surface area contributed by atoms with Crippen molar-refractivity contribution in [2.24, 2.45) is 5.92 Å². The lowest BCUT2D eigenvalue weighted by atomic mass is 9.90. The molecule has 1 saturated heterocycles. The van der Waals surface area contributed by atoms with Gasteiger partial charge in [0.15, 0.2) is 0 Å². The summed E-state index contributed by atoms with van der Waals surface area (Å²) in [5.41, 5.74) is 0.553. The molecule has 31 heavy (non-hydrogen) atoms. The second kappa shape index (κ2) is 13.8. The monoisotopic (exact) mass is 466 g/mol. The molecule has 2 N–H and O–H groups in total. The average Bonchev–Trinajstić information content (AvgIpc) is 2.68. The van der Waals surface area contributed by atoms with Crippen molar-refractivity contribution in [3.8, 4) is 0 Å². The molecule has 5 nitrogen and oxygen atoms in total. The number of carbonyl (C=O) groups is 2. The van der Waals surface area contributed by atoms with E-state index in [1.807, 2.05) is 0 Å². The number of benzene rings is 1. The molecule has 1 saturated carbocycles. The highest BCUT2D eigenvalue weighted by molar-refractivity contribution is 6.36. The maximum atomic E-state index is 12.6. The van der Waals surface area contributed by atoms with Gasteiger partial charge in [0, 0.05) is 24.7 Å². The number of piperidine rings is 1. The van der Waals surface area contributed by atoms with Crippen LogP contribution in [-0.2, 0) is 4.79 Å². The number of hydrogen-bond acceptors (Lipinski definition) is 2. The summed E-state index contributed by atoms with van der Waals surface area (Å²) in [5, 5.41) is 6.94. The molecule has 1 heterocycles. The Morgan fingerprint density at radius 1 is 1.00 bits per heavy atom. The fraction of sp³-hybridized carbons (Fsp3) is 0.542. The number of urea groups is 1. The molecule has 7 heteroatoms. The second-order valence-electron chi connectivity index (χ2n) is 8.09. The summed E-state index contributed by atoms with van der Waals surface area (Å²) in [6, 6.07) is 4.85. The van der Waals surface area contributed by atoms with E-state index in [1.54, 1.807) is 23.1 Å². The van der Waals surface area contributed by atoms with Gasteiger partial charge in [-0.2, -0.15) is 0 Å². The zero-order valence-corrected chi connectivity index (χ0v) is 19.7. The quantitative estimate of drug-likeness (QED) is 0.544. The Kier molecular flexibility index (Phi) is 12.3. The Labute approximate surface area is 198 Å². The summed E-state index contributed by atoms with van der Waals surface area (Å²) in [7, 11) is 0. The molecular formula is C24H34Cl2N3O2. The van der Waals surface area contributed by atoms with Gasteiger partial charge in [-0.3, -0.25) is 4.79 Å². The predicted molar refractivity (Wildman–Crippen MR) is 129 cm³/mol. The summed E-state index contributed by atoms with van der Waals surface area (Å²) in [4.78, 5) is 27.0. The van der Waals surface area contributed by atoms with Crippen LogP contribution in [0.3, 0.4) is 0 Å². The van der Waals surface area contributed by atoms with Gasteiger partial charge in [-0.25, -0.2) is 4.79 Å². The SMILES string of the molecule is O=C(NCC1CCCN(C(=O)Nc2ccc(Cl)cc2Cl)C1)[C]1CCCCCCC1.[CH2].[CH2]. The first-order valence-electron chi connectivity index (χ1n) is 10.7. The molecule has 1 aliphatic heterocycles. The highest BCUT2D eigenvalue weighted by Crippen LogP contribution is 2.27. The van der Waals surface area contributed by atoms with E-state index in [0.717, 1.165) is 44.4 Å². The van der Waals surface area contributed by atoms with Crippen LogP contribution in [0.4, 0.5) is 10.5 Å². The van der Waals surface area contributed by atoms with Crippen LogP contribution in [-0.4, -0.2) is 36.5 Å².